The summed E-state index contributed by atoms with van der Waals surface area (Å²) < 4.78 is 11.4. The lowest BCUT2D eigenvalue weighted by molar-refractivity contribution is -0.139. The highest BCUT2D eigenvalue weighted by Crippen LogP contribution is 1.99. The SMILES string of the molecule is Cc1cn(CCOCCOC(=O)N[C@@H](CCCN=C(N)N)C(=O)O)c(=O)[nH]c1=O. The van der Waals surface area contributed by atoms with Gasteiger partial charge in [-0.2, -0.15) is 0 Å². The van der Waals surface area contributed by atoms with Gasteiger partial charge in [0.1, 0.15) is 12.6 Å². The molecule has 0 fully saturated rings. The van der Waals surface area contributed by atoms with E-state index >= 15 is 0 Å². The first-order valence-corrected chi connectivity index (χ1v) is 8.80. The summed E-state index contributed by atoms with van der Waals surface area (Å²) in [5.74, 6) is -1.30. The molecule has 0 aliphatic rings. The average Bonchev–Trinajstić information content (AvgIpc) is 2.64. The number of nitrogens with one attached hydrogen (secondary N) is 2. The van der Waals surface area contributed by atoms with E-state index in [1.54, 1.807) is 6.92 Å². The Balaban J connectivity index is 2.26. The van der Waals surface area contributed by atoms with Crippen LogP contribution < -0.4 is 28.0 Å². The van der Waals surface area contributed by atoms with E-state index in [2.05, 4.69) is 15.3 Å². The normalized spacial score (nSPS) is 11.5. The lowest BCUT2D eigenvalue weighted by atomic mass is 10.1. The Morgan fingerprint density at radius 3 is 2.69 bits per heavy atom. The first-order chi connectivity index (χ1) is 13.7. The van der Waals surface area contributed by atoms with Crippen molar-refractivity contribution in [3.8, 4) is 0 Å². The summed E-state index contributed by atoms with van der Waals surface area (Å²) in [4.78, 5) is 51.6. The number of aliphatic imine (C=N–C) groups is 1. The maximum Gasteiger partial charge on any atom is 0.407 e. The predicted molar refractivity (Wildman–Crippen MR) is 103 cm³/mol. The topological polar surface area (TPSA) is 204 Å². The van der Waals surface area contributed by atoms with E-state index in [4.69, 9.17) is 26.0 Å². The summed E-state index contributed by atoms with van der Waals surface area (Å²) in [6.45, 7) is 2.12. The minimum absolute atomic E-state index is 0.0483. The van der Waals surface area contributed by atoms with E-state index in [9.17, 15) is 19.2 Å². The van der Waals surface area contributed by atoms with Gasteiger partial charge in [0, 0.05) is 18.3 Å². The zero-order chi connectivity index (χ0) is 21.8. The number of carbonyl (C=O) groups is 2. The van der Waals surface area contributed by atoms with Crippen LogP contribution in [0, 0.1) is 6.92 Å². The third-order valence-corrected chi connectivity index (χ3v) is 3.66. The van der Waals surface area contributed by atoms with E-state index in [0.29, 0.717) is 12.0 Å². The average molecular weight is 414 g/mol. The fraction of sp³-hybridized carbons (Fsp3) is 0.562. The number of hydrogen-bond acceptors (Lipinski definition) is 7. The number of H-pyrrole nitrogens is 1. The molecule has 13 nitrogen and oxygen atoms in total. The van der Waals surface area contributed by atoms with Gasteiger partial charge in [0.25, 0.3) is 5.56 Å². The highest BCUT2D eigenvalue weighted by molar-refractivity contribution is 5.79. The summed E-state index contributed by atoms with van der Waals surface area (Å²) in [6, 6.07) is -1.13. The van der Waals surface area contributed by atoms with Crippen LogP contribution >= 0.6 is 0 Å². The van der Waals surface area contributed by atoms with Crippen molar-refractivity contribution in [3.63, 3.8) is 0 Å². The summed E-state index contributed by atoms with van der Waals surface area (Å²) in [6.07, 6.45) is 1.02. The van der Waals surface area contributed by atoms with E-state index in [0.717, 1.165) is 0 Å². The van der Waals surface area contributed by atoms with Gasteiger partial charge in [-0.1, -0.05) is 0 Å². The number of carbonyl (C=O) groups excluding carboxylic acids is 1. The van der Waals surface area contributed by atoms with Gasteiger partial charge in [-0.05, 0) is 19.8 Å². The maximum atomic E-state index is 11.7. The summed E-state index contributed by atoms with van der Waals surface area (Å²) in [5, 5.41) is 11.3. The molecule has 0 unspecified atom stereocenters. The first kappa shape index (κ1) is 23.7. The molecule has 0 saturated heterocycles. The molecular weight excluding hydrogens is 388 g/mol. The fourth-order valence-corrected chi connectivity index (χ4v) is 2.19. The predicted octanol–water partition coefficient (Wildman–Crippen LogP) is -1.91. The molecule has 1 rings (SSSR count). The number of guanidine groups is 1. The van der Waals surface area contributed by atoms with Crippen molar-refractivity contribution in [2.24, 2.45) is 16.5 Å². The molecular formula is C16H26N6O7. The molecule has 0 radical (unpaired) electrons. The van der Waals surface area contributed by atoms with Crippen LogP contribution in [0.4, 0.5) is 4.79 Å². The van der Waals surface area contributed by atoms with Crippen molar-refractivity contribution in [3.05, 3.63) is 32.6 Å². The lowest BCUT2D eigenvalue weighted by Crippen LogP contribution is -2.41. The number of carboxylic acid groups (broad SMARTS) is 1. The Morgan fingerprint density at radius 1 is 1.31 bits per heavy atom. The molecule has 0 saturated carbocycles. The van der Waals surface area contributed by atoms with Crippen LogP contribution in [0.3, 0.4) is 0 Å². The highest BCUT2D eigenvalue weighted by Gasteiger charge is 2.20. The number of hydrogen-bond donors (Lipinski definition) is 5. The summed E-state index contributed by atoms with van der Waals surface area (Å²) >= 11 is 0. The summed E-state index contributed by atoms with van der Waals surface area (Å²) in [5.41, 5.74) is 9.76. The van der Waals surface area contributed by atoms with Crippen LogP contribution in [0.2, 0.25) is 0 Å². The van der Waals surface area contributed by atoms with Crippen molar-refractivity contribution >= 4 is 18.0 Å². The van der Waals surface area contributed by atoms with Crippen LogP contribution in [-0.2, 0) is 20.8 Å². The number of aromatic amines is 1. The number of aromatic nitrogens is 2. The van der Waals surface area contributed by atoms with Crippen molar-refractivity contribution in [2.45, 2.75) is 32.4 Å². The van der Waals surface area contributed by atoms with Gasteiger partial charge in [-0.15, -0.1) is 0 Å². The molecule has 0 aliphatic heterocycles. The molecule has 7 N–H and O–H groups in total. The molecule has 0 aliphatic carbocycles. The molecule has 0 spiro atoms. The Kier molecular flexibility index (Phi) is 9.95. The van der Waals surface area contributed by atoms with Crippen LogP contribution in [0.15, 0.2) is 20.8 Å². The van der Waals surface area contributed by atoms with Gasteiger partial charge in [0.2, 0.25) is 0 Å². The number of amides is 1. The number of aryl methyl sites for hydroxylation is 1. The number of alkyl carbamates (subject to hydrolysis) is 1. The van der Waals surface area contributed by atoms with Gasteiger partial charge in [0.15, 0.2) is 5.96 Å². The first-order valence-electron chi connectivity index (χ1n) is 8.80. The number of rotatable bonds is 12. The van der Waals surface area contributed by atoms with Crippen molar-refractivity contribution in [2.75, 3.05) is 26.4 Å². The van der Waals surface area contributed by atoms with Gasteiger partial charge in [-0.3, -0.25) is 19.3 Å². The molecule has 1 atom stereocenters. The second kappa shape index (κ2) is 12.2. The highest BCUT2D eigenvalue weighted by atomic mass is 16.6. The van der Waals surface area contributed by atoms with Crippen LogP contribution in [0.1, 0.15) is 18.4 Å². The van der Waals surface area contributed by atoms with Crippen LogP contribution in [0.5, 0.6) is 0 Å². The van der Waals surface area contributed by atoms with Gasteiger partial charge in [-0.25, -0.2) is 14.4 Å². The van der Waals surface area contributed by atoms with Gasteiger partial charge in [0.05, 0.1) is 19.8 Å². The zero-order valence-corrected chi connectivity index (χ0v) is 16.1. The number of ether oxygens (including phenoxy) is 2. The Hall–Kier alpha value is -3.35. The van der Waals surface area contributed by atoms with Crippen molar-refractivity contribution in [1.29, 1.82) is 0 Å². The van der Waals surface area contributed by atoms with E-state index in [-0.39, 0.29) is 45.3 Å². The monoisotopic (exact) mass is 414 g/mol. The Labute approximate surface area is 165 Å². The molecule has 1 heterocycles. The van der Waals surface area contributed by atoms with Gasteiger partial charge < -0.3 is 31.4 Å². The summed E-state index contributed by atoms with van der Waals surface area (Å²) in [7, 11) is 0. The maximum absolute atomic E-state index is 11.7. The third kappa shape index (κ3) is 9.41. The Morgan fingerprint density at radius 2 is 2.03 bits per heavy atom. The zero-order valence-electron chi connectivity index (χ0n) is 16.1. The fourth-order valence-electron chi connectivity index (χ4n) is 2.19. The Bertz CT molecular complexity index is 828. The standard InChI is InChI=1S/C16H26N6O7/c1-10-9-22(15(26)21-12(10)23)5-6-28-7-8-29-16(27)20-11(13(24)25)3-2-4-19-14(17)18/h9,11H,2-8H2,1H3,(H,20,27)(H,24,25)(H4,17,18,19)(H,21,23,26)/t11-/m0/s1. The number of aliphatic carboxylic acids is 1. The minimum Gasteiger partial charge on any atom is -0.480 e. The van der Waals surface area contributed by atoms with E-state index in [1.165, 1.54) is 10.8 Å². The number of carboxylic acids is 1. The van der Waals surface area contributed by atoms with Crippen molar-refractivity contribution < 1.29 is 24.2 Å². The van der Waals surface area contributed by atoms with Gasteiger partial charge >= 0.3 is 17.8 Å². The second-order valence-electron chi connectivity index (χ2n) is 6.00. The molecule has 1 amide bonds. The third-order valence-electron chi connectivity index (χ3n) is 3.66. The lowest BCUT2D eigenvalue weighted by Gasteiger charge is -2.14. The van der Waals surface area contributed by atoms with Crippen LogP contribution in [0.25, 0.3) is 0 Å². The quantitative estimate of drug-likeness (QED) is 0.147. The van der Waals surface area contributed by atoms with E-state index < -0.39 is 29.4 Å². The minimum atomic E-state index is -1.20. The number of nitrogens with zero attached hydrogens (tertiary/aromatic N) is 2. The van der Waals surface area contributed by atoms with E-state index in [1.807, 2.05) is 0 Å². The molecule has 1 aromatic heterocycles. The molecule has 13 heteroatoms. The molecule has 0 bridgehead atoms. The largest absolute Gasteiger partial charge is 0.480 e. The van der Waals surface area contributed by atoms with Crippen LogP contribution in [-0.4, -0.2) is 65.1 Å². The molecule has 162 valence electrons. The molecule has 29 heavy (non-hydrogen) atoms. The molecule has 1 aromatic rings. The number of nitrogens with two attached hydrogens (primary N) is 2. The molecule has 0 aromatic carbocycles. The second-order valence-corrected chi connectivity index (χ2v) is 6.00. The van der Waals surface area contributed by atoms with Crippen molar-refractivity contribution in [1.82, 2.24) is 14.9 Å². The smallest absolute Gasteiger partial charge is 0.407 e.